The number of carbonyl (C=O) groups is 1. The maximum absolute atomic E-state index is 13.7. The highest BCUT2D eigenvalue weighted by atomic mass is 35.5. The Morgan fingerprint density at radius 3 is 2.42 bits per heavy atom. The van der Waals surface area contributed by atoms with Gasteiger partial charge < -0.3 is 24.3 Å². The minimum atomic E-state index is -0.799. The summed E-state index contributed by atoms with van der Waals surface area (Å²) in [6.07, 6.45) is 4.88. The molecule has 1 N–H and O–H groups in total. The van der Waals surface area contributed by atoms with Gasteiger partial charge in [0.2, 0.25) is 0 Å². The lowest BCUT2D eigenvalue weighted by Gasteiger charge is -2.39. The number of rotatable bonds is 4. The molecule has 2 aliphatic heterocycles. The molecule has 0 saturated heterocycles. The first kappa shape index (κ1) is 25.2. The summed E-state index contributed by atoms with van der Waals surface area (Å²) in [6.45, 7) is 8.51. The third-order valence-electron chi connectivity index (χ3n) is 8.47. The van der Waals surface area contributed by atoms with Gasteiger partial charge in [-0.1, -0.05) is 11.6 Å². The van der Waals surface area contributed by atoms with Gasteiger partial charge in [0.15, 0.2) is 11.5 Å². The van der Waals surface area contributed by atoms with Gasteiger partial charge in [-0.25, -0.2) is 0 Å². The maximum Gasteiger partial charge on any atom is 0.256 e. The molecule has 1 aromatic heterocycles. The number of benzene rings is 1. The highest BCUT2D eigenvalue weighted by Crippen LogP contribution is 2.53. The summed E-state index contributed by atoms with van der Waals surface area (Å²) < 4.78 is 13.0. The van der Waals surface area contributed by atoms with E-state index in [0.717, 1.165) is 48.1 Å². The molecule has 2 aromatic rings. The van der Waals surface area contributed by atoms with Crippen LogP contribution in [0, 0.1) is 26.7 Å². The summed E-state index contributed by atoms with van der Waals surface area (Å²) in [5.74, 6) is 0.424. The first-order valence-electron chi connectivity index (χ1n) is 12.9. The van der Waals surface area contributed by atoms with Crippen molar-refractivity contribution in [2.24, 2.45) is 5.92 Å². The molecule has 8 heteroatoms. The van der Waals surface area contributed by atoms with Gasteiger partial charge in [0.25, 0.3) is 17.3 Å². The van der Waals surface area contributed by atoms with Crippen molar-refractivity contribution < 1.29 is 14.3 Å². The highest BCUT2D eigenvalue weighted by molar-refractivity contribution is 6.36. The standard InChI is InChI=1S/C28H36ClN3O4/c1-15-13-16(2)30-26(33)21(15)14-32-12-11-20-17(3)24-25(23(29)22(20)27(32)34)36-28(4,35-24)18-7-9-19(10-8-18)31(5)6/h13,18-19H,7-12,14H2,1-6H3,(H,30,33). The highest BCUT2D eigenvalue weighted by Gasteiger charge is 2.48. The van der Waals surface area contributed by atoms with Gasteiger partial charge in [-0.05, 0) is 89.7 Å². The average molecular weight is 514 g/mol. The van der Waals surface area contributed by atoms with Crippen LogP contribution < -0.4 is 15.0 Å². The number of fused-ring (bicyclic) bond motifs is 2. The number of hydrogen-bond acceptors (Lipinski definition) is 5. The van der Waals surface area contributed by atoms with Gasteiger partial charge in [-0.3, -0.25) is 9.59 Å². The third kappa shape index (κ3) is 4.10. The van der Waals surface area contributed by atoms with E-state index in [1.807, 2.05) is 33.8 Å². The first-order valence-corrected chi connectivity index (χ1v) is 13.3. The molecule has 7 nitrogen and oxygen atoms in total. The van der Waals surface area contributed by atoms with Crippen LogP contribution in [0.15, 0.2) is 10.9 Å². The predicted octanol–water partition coefficient (Wildman–Crippen LogP) is 4.76. The zero-order valence-corrected chi connectivity index (χ0v) is 22.8. The van der Waals surface area contributed by atoms with Crippen LogP contribution in [0.25, 0.3) is 0 Å². The number of pyridine rings is 1. The van der Waals surface area contributed by atoms with Crippen molar-refractivity contribution in [3.63, 3.8) is 0 Å². The van der Waals surface area contributed by atoms with E-state index in [1.165, 1.54) is 0 Å². The van der Waals surface area contributed by atoms with E-state index in [0.29, 0.717) is 46.7 Å². The summed E-state index contributed by atoms with van der Waals surface area (Å²) in [6, 6.07) is 2.51. The molecular formula is C28H36ClN3O4. The Hall–Kier alpha value is -2.51. The number of H-pyrrole nitrogens is 1. The summed E-state index contributed by atoms with van der Waals surface area (Å²) in [4.78, 5) is 33.1. The zero-order valence-electron chi connectivity index (χ0n) is 22.1. The number of ether oxygens (including phenoxy) is 2. The molecule has 1 amide bonds. The molecule has 5 rings (SSSR count). The molecule has 3 aliphatic rings. The Labute approximate surface area is 217 Å². The molecule has 3 heterocycles. The van der Waals surface area contributed by atoms with E-state index in [-0.39, 0.29) is 23.9 Å². The Morgan fingerprint density at radius 2 is 1.78 bits per heavy atom. The molecule has 36 heavy (non-hydrogen) atoms. The number of halogens is 1. The molecule has 194 valence electrons. The van der Waals surface area contributed by atoms with Gasteiger partial charge in [0.05, 0.1) is 17.1 Å². The van der Waals surface area contributed by atoms with Crippen molar-refractivity contribution in [2.75, 3.05) is 20.6 Å². The quantitative estimate of drug-likeness (QED) is 0.638. The lowest BCUT2D eigenvalue weighted by Crippen LogP contribution is -2.46. The van der Waals surface area contributed by atoms with Gasteiger partial charge in [-0.2, -0.15) is 0 Å². The average Bonchev–Trinajstić information content (AvgIpc) is 3.20. The number of aromatic amines is 1. The Kier molecular flexibility index (Phi) is 6.36. The van der Waals surface area contributed by atoms with Crippen LogP contribution >= 0.6 is 11.6 Å². The lowest BCUT2D eigenvalue weighted by atomic mass is 9.81. The monoisotopic (exact) mass is 513 g/mol. The second-order valence-corrected chi connectivity index (χ2v) is 11.4. The van der Waals surface area contributed by atoms with Crippen LogP contribution in [0.5, 0.6) is 11.5 Å². The fraction of sp³-hybridized carbons (Fsp3) is 0.571. The van der Waals surface area contributed by atoms with Gasteiger partial charge in [0, 0.05) is 36.7 Å². The number of nitrogens with one attached hydrogen (secondary N) is 1. The second kappa shape index (κ2) is 9.10. The van der Waals surface area contributed by atoms with Gasteiger partial charge >= 0.3 is 0 Å². The Morgan fingerprint density at radius 1 is 1.11 bits per heavy atom. The summed E-state index contributed by atoms with van der Waals surface area (Å²) in [5, 5.41) is 0.320. The number of amides is 1. The fourth-order valence-electron chi connectivity index (χ4n) is 6.23. The zero-order chi connectivity index (χ0) is 25.9. The molecule has 1 aliphatic carbocycles. The first-order chi connectivity index (χ1) is 17.0. The van der Waals surface area contributed by atoms with E-state index in [1.54, 1.807) is 4.90 Å². The second-order valence-electron chi connectivity index (χ2n) is 11.1. The number of hydrogen-bond donors (Lipinski definition) is 1. The molecule has 0 radical (unpaired) electrons. The fourth-order valence-corrected chi connectivity index (χ4v) is 6.54. The topological polar surface area (TPSA) is 74.9 Å². The Balaban J connectivity index is 1.43. The summed E-state index contributed by atoms with van der Waals surface area (Å²) >= 11 is 6.89. The van der Waals surface area contributed by atoms with Crippen molar-refractivity contribution in [3.05, 3.63) is 55.0 Å². The van der Waals surface area contributed by atoms with E-state index in [4.69, 9.17) is 21.1 Å². The number of aromatic nitrogens is 1. The van der Waals surface area contributed by atoms with Crippen molar-refractivity contribution in [3.8, 4) is 11.5 Å². The van der Waals surface area contributed by atoms with Gasteiger partial charge in [-0.15, -0.1) is 0 Å². The van der Waals surface area contributed by atoms with Gasteiger partial charge in [0.1, 0.15) is 0 Å². The van der Waals surface area contributed by atoms with Crippen molar-refractivity contribution in [1.82, 2.24) is 14.8 Å². The maximum atomic E-state index is 13.7. The van der Waals surface area contributed by atoms with E-state index < -0.39 is 5.79 Å². The number of nitrogens with zero attached hydrogens (tertiary/aromatic N) is 2. The van der Waals surface area contributed by atoms with E-state index >= 15 is 0 Å². The molecule has 1 aromatic carbocycles. The molecule has 0 bridgehead atoms. The molecule has 1 unspecified atom stereocenters. The molecule has 1 atom stereocenters. The third-order valence-corrected chi connectivity index (χ3v) is 8.83. The number of carbonyl (C=O) groups excluding carboxylic acids is 1. The van der Waals surface area contributed by atoms with Crippen LogP contribution in [-0.2, 0) is 13.0 Å². The minimum Gasteiger partial charge on any atom is -0.448 e. The van der Waals surface area contributed by atoms with Crippen molar-refractivity contribution in [1.29, 1.82) is 0 Å². The molecule has 1 fully saturated rings. The normalized spacial score (nSPS) is 25.4. The van der Waals surface area contributed by atoms with Crippen LogP contribution in [0.1, 0.15) is 70.9 Å². The summed E-state index contributed by atoms with van der Waals surface area (Å²) in [5.41, 5.74) is 4.45. The van der Waals surface area contributed by atoms with Crippen LogP contribution in [-0.4, -0.2) is 53.2 Å². The largest absolute Gasteiger partial charge is 0.448 e. The van der Waals surface area contributed by atoms with Crippen molar-refractivity contribution in [2.45, 2.75) is 78.2 Å². The predicted molar refractivity (Wildman–Crippen MR) is 140 cm³/mol. The lowest BCUT2D eigenvalue weighted by molar-refractivity contribution is -0.123. The van der Waals surface area contributed by atoms with E-state index in [9.17, 15) is 9.59 Å². The van der Waals surface area contributed by atoms with E-state index in [2.05, 4.69) is 24.0 Å². The Bertz CT molecular complexity index is 1280. The van der Waals surface area contributed by atoms with Crippen LogP contribution in [0.3, 0.4) is 0 Å². The van der Waals surface area contributed by atoms with Crippen LogP contribution in [0.4, 0.5) is 0 Å². The molecular weight excluding hydrogens is 478 g/mol. The SMILES string of the molecule is Cc1cc(C)c(CN2CCc3c(C)c4c(c(Cl)c3C2=O)OC(C)(C2CCC(N(C)C)CC2)O4)c(=O)[nH]1. The van der Waals surface area contributed by atoms with Crippen LogP contribution in [0.2, 0.25) is 5.02 Å². The number of aryl methyl sites for hydroxylation is 2. The van der Waals surface area contributed by atoms with Crippen molar-refractivity contribution >= 4 is 17.5 Å². The molecule has 1 saturated carbocycles. The molecule has 0 spiro atoms. The minimum absolute atomic E-state index is 0.154. The smallest absolute Gasteiger partial charge is 0.256 e. The summed E-state index contributed by atoms with van der Waals surface area (Å²) in [7, 11) is 4.27.